The van der Waals surface area contributed by atoms with Crippen LogP contribution in [0.25, 0.3) is 0 Å². The highest BCUT2D eigenvalue weighted by molar-refractivity contribution is 5.84. The van der Waals surface area contributed by atoms with Crippen molar-refractivity contribution in [2.24, 2.45) is 29.6 Å². The smallest absolute Gasteiger partial charge is 0.223 e. The van der Waals surface area contributed by atoms with E-state index in [0.29, 0.717) is 30.4 Å². The summed E-state index contributed by atoms with van der Waals surface area (Å²) in [6, 6.07) is 0.272. The molecule has 0 aliphatic heterocycles. The van der Waals surface area contributed by atoms with Gasteiger partial charge < -0.3 is 5.32 Å². The summed E-state index contributed by atoms with van der Waals surface area (Å²) >= 11 is 0. The molecule has 0 spiro atoms. The lowest BCUT2D eigenvalue weighted by Crippen LogP contribution is -2.39. The predicted molar refractivity (Wildman–Crippen MR) is 66.7 cm³/mol. The minimum Gasteiger partial charge on any atom is -0.353 e. The molecule has 4 rings (SSSR count). The Labute approximate surface area is 108 Å². The molecule has 0 heterocycles. The number of carbonyl (C=O) groups is 2. The third kappa shape index (κ3) is 1.55. The first-order valence-corrected chi connectivity index (χ1v) is 7.56. The molecular formula is C15H21NO2. The maximum Gasteiger partial charge on any atom is 0.223 e. The Bertz CT molecular complexity index is 379. The lowest BCUT2D eigenvalue weighted by atomic mass is 9.94. The zero-order valence-corrected chi connectivity index (χ0v) is 10.7. The van der Waals surface area contributed by atoms with E-state index < -0.39 is 0 Å². The number of fused-ring (bicyclic) bond motifs is 5. The fourth-order valence-corrected chi connectivity index (χ4v) is 5.06. The number of amides is 1. The predicted octanol–water partition coefficient (Wildman–Crippen LogP) is 1.91. The highest BCUT2D eigenvalue weighted by Crippen LogP contribution is 2.69. The Morgan fingerprint density at radius 2 is 1.61 bits per heavy atom. The maximum absolute atomic E-state index is 12.3. The summed E-state index contributed by atoms with van der Waals surface area (Å²) in [5.74, 6) is 4.20. The van der Waals surface area contributed by atoms with Crippen LogP contribution in [0.2, 0.25) is 0 Å². The molecule has 0 aromatic rings. The lowest BCUT2D eigenvalue weighted by molar-refractivity contribution is -0.126. The van der Waals surface area contributed by atoms with Gasteiger partial charge in [-0.25, -0.2) is 0 Å². The SMILES string of the molecule is O=C1CCC(NC(=O)C2C3C4CCC(C4)C23)CC1. The van der Waals surface area contributed by atoms with Crippen LogP contribution in [0.3, 0.4) is 0 Å². The summed E-state index contributed by atoms with van der Waals surface area (Å²) in [5.41, 5.74) is 0. The average molecular weight is 247 g/mol. The van der Waals surface area contributed by atoms with Gasteiger partial charge in [0.15, 0.2) is 0 Å². The van der Waals surface area contributed by atoms with E-state index in [1.165, 1.54) is 19.3 Å². The highest BCUT2D eigenvalue weighted by atomic mass is 16.2. The van der Waals surface area contributed by atoms with Crippen LogP contribution in [-0.2, 0) is 9.59 Å². The molecule has 1 N–H and O–H groups in total. The number of ketones is 1. The van der Waals surface area contributed by atoms with Crippen LogP contribution in [0.5, 0.6) is 0 Å². The topological polar surface area (TPSA) is 46.2 Å². The van der Waals surface area contributed by atoms with Crippen molar-refractivity contribution >= 4 is 11.7 Å². The van der Waals surface area contributed by atoms with Crippen LogP contribution in [0.4, 0.5) is 0 Å². The molecule has 4 aliphatic carbocycles. The van der Waals surface area contributed by atoms with Crippen molar-refractivity contribution in [3.63, 3.8) is 0 Å². The molecule has 1 amide bonds. The first kappa shape index (κ1) is 11.0. The number of hydrogen-bond acceptors (Lipinski definition) is 2. The van der Waals surface area contributed by atoms with E-state index >= 15 is 0 Å². The van der Waals surface area contributed by atoms with Crippen LogP contribution >= 0.6 is 0 Å². The molecule has 4 saturated carbocycles. The van der Waals surface area contributed by atoms with Crippen molar-refractivity contribution in [1.29, 1.82) is 0 Å². The summed E-state index contributed by atoms with van der Waals surface area (Å²) in [4.78, 5) is 23.5. The van der Waals surface area contributed by atoms with Crippen LogP contribution in [0, 0.1) is 29.6 Å². The fraction of sp³-hybridized carbons (Fsp3) is 0.867. The largest absolute Gasteiger partial charge is 0.353 e. The summed E-state index contributed by atoms with van der Waals surface area (Å²) in [5, 5.41) is 3.21. The first-order valence-electron chi connectivity index (χ1n) is 7.56. The molecule has 4 atom stereocenters. The van der Waals surface area contributed by atoms with E-state index in [2.05, 4.69) is 5.32 Å². The van der Waals surface area contributed by atoms with E-state index in [-0.39, 0.29) is 6.04 Å². The van der Waals surface area contributed by atoms with Gasteiger partial charge in [0.1, 0.15) is 5.78 Å². The van der Waals surface area contributed by atoms with Crippen LogP contribution in [0.1, 0.15) is 44.9 Å². The average Bonchev–Trinajstić information content (AvgIpc) is 2.82. The van der Waals surface area contributed by atoms with Gasteiger partial charge in [-0.15, -0.1) is 0 Å². The molecule has 0 saturated heterocycles. The monoisotopic (exact) mass is 247 g/mol. The quantitative estimate of drug-likeness (QED) is 0.810. The van der Waals surface area contributed by atoms with Gasteiger partial charge in [0.2, 0.25) is 5.91 Å². The van der Waals surface area contributed by atoms with E-state index in [1.54, 1.807) is 0 Å². The van der Waals surface area contributed by atoms with Gasteiger partial charge in [-0.3, -0.25) is 9.59 Å². The molecule has 4 fully saturated rings. The van der Waals surface area contributed by atoms with Crippen molar-refractivity contribution in [3.8, 4) is 0 Å². The summed E-state index contributed by atoms with van der Waals surface area (Å²) in [7, 11) is 0. The van der Waals surface area contributed by atoms with Gasteiger partial charge in [0.25, 0.3) is 0 Å². The minimum atomic E-state index is 0.272. The molecule has 4 aliphatic rings. The molecule has 0 aromatic heterocycles. The van der Waals surface area contributed by atoms with Gasteiger partial charge in [-0.05, 0) is 55.8 Å². The number of hydrogen-bond donors (Lipinski definition) is 1. The molecule has 2 bridgehead atoms. The third-order valence-electron chi connectivity index (χ3n) is 5.93. The van der Waals surface area contributed by atoms with Crippen molar-refractivity contribution < 1.29 is 9.59 Å². The number of carbonyl (C=O) groups excluding carboxylic acids is 2. The van der Waals surface area contributed by atoms with Crippen LogP contribution < -0.4 is 5.32 Å². The van der Waals surface area contributed by atoms with E-state index in [1.807, 2.05) is 0 Å². The number of nitrogens with one attached hydrogen (secondary N) is 1. The van der Waals surface area contributed by atoms with Crippen molar-refractivity contribution in [1.82, 2.24) is 5.32 Å². The Kier molecular flexibility index (Phi) is 2.33. The fourth-order valence-electron chi connectivity index (χ4n) is 5.06. The second-order valence-electron chi connectivity index (χ2n) is 6.84. The van der Waals surface area contributed by atoms with Gasteiger partial charge in [-0.1, -0.05) is 0 Å². The zero-order chi connectivity index (χ0) is 12.3. The van der Waals surface area contributed by atoms with E-state index in [0.717, 1.165) is 36.5 Å². The zero-order valence-electron chi connectivity index (χ0n) is 10.7. The molecule has 0 radical (unpaired) electrons. The van der Waals surface area contributed by atoms with E-state index in [4.69, 9.17) is 0 Å². The Morgan fingerprint density at radius 1 is 1.00 bits per heavy atom. The molecule has 3 heteroatoms. The molecule has 4 unspecified atom stereocenters. The van der Waals surface area contributed by atoms with Crippen molar-refractivity contribution in [2.75, 3.05) is 0 Å². The Morgan fingerprint density at radius 3 is 2.22 bits per heavy atom. The van der Waals surface area contributed by atoms with Gasteiger partial charge in [-0.2, -0.15) is 0 Å². The Hall–Kier alpha value is -0.860. The van der Waals surface area contributed by atoms with Crippen LogP contribution in [0.15, 0.2) is 0 Å². The molecular weight excluding hydrogens is 226 g/mol. The van der Waals surface area contributed by atoms with Crippen molar-refractivity contribution in [3.05, 3.63) is 0 Å². The Balaban J connectivity index is 1.34. The highest BCUT2D eigenvalue weighted by Gasteiger charge is 2.67. The summed E-state index contributed by atoms with van der Waals surface area (Å²) in [6.45, 7) is 0. The van der Waals surface area contributed by atoms with Crippen LogP contribution in [-0.4, -0.2) is 17.7 Å². The molecule has 98 valence electrons. The number of rotatable bonds is 2. The van der Waals surface area contributed by atoms with Gasteiger partial charge >= 0.3 is 0 Å². The van der Waals surface area contributed by atoms with Gasteiger partial charge in [0.05, 0.1) is 0 Å². The van der Waals surface area contributed by atoms with E-state index in [9.17, 15) is 9.59 Å². The minimum absolute atomic E-state index is 0.272. The standard InChI is InChI=1S/C15H21NO2/c17-11-5-3-10(4-6-11)16-15(18)14-12-8-1-2-9(7-8)13(12)14/h8-10,12-14H,1-7H2,(H,16,18). The number of Topliss-reactive ketones (excluding diaryl/α,β-unsaturated/α-hetero) is 1. The summed E-state index contributed by atoms with van der Waals surface area (Å²) in [6.07, 6.45) is 7.18. The maximum atomic E-state index is 12.3. The lowest BCUT2D eigenvalue weighted by Gasteiger charge is -2.22. The molecule has 3 nitrogen and oxygen atoms in total. The summed E-state index contributed by atoms with van der Waals surface area (Å²) < 4.78 is 0. The molecule has 0 aromatic carbocycles. The first-order chi connectivity index (χ1) is 8.74. The second-order valence-corrected chi connectivity index (χ2v) is 6.84. The van der Waals surface area contributed by atoms with Crippen molar-refractivity contribution in [2.45, 2.75) is 51.0 Å². The second kappa shape index (κ2) is 3.82. The normalized spacial score (nSPS) is 46.0. The van der Waals surface area contributed by atoms with Gasteiger partial charge in [0, 0.05) is 24.8 Å². The molecule has 18 heavy (non-hydrogen) atoms. The third-order valence-corrected chi connectivity index (χ3v) is 5.93.